The fourth-order valence-electron chi connectivity index (χ4n) is 2.19. The van der Waals surface area contributed by atoms with Crippen molar-refractivity contribution < 1.29 is 0 Å². The molecule has 2 rings (SSSR count). The van der Waals surface area contributed by atoms with Crippen LogP contribution in [-0.2, 0) is 0 Å². The van der Waals surface area contributed by atoms with E-state index in [0.29, 0.717) is 17.8 Å². The third-order valence-corrected chi connectivity index (χ3v) is 4.13. The third kappa shape index (κ3) is 3.07. The maximum atomic E-state index is 6.03. The van der Waals surface area contributed by atoms with E-state index in [1.165, 1.54) is 11.5 Å². The highest BCUT2D eigenvalue weighted by Gasteiger charge is 2.18. The van der Waals surface area contributed by atoms with E-state index in [9.17, 15) is 0 Å². The van der Waals surface area contributed by atoms with Crippen LogP contribution in [0.25, 0.3) is 11.1 Å². The normalized spacial score (nSPS) is 12.6. The van der Waals surface area contributed by atoms with Crippen molar-refractivity contribution in [1.82, 2.24) is 4.37 Å². The van der Waals surface area contributed by atoms with Crippen molar-refractivity contribution in [3.8, 4) is 11.1 Å². The minimum absolute atomic E-state index is 0.447. The number of hydrogen-bond donors (Lipinski definition) is 2. The van der Waals surface area contributed by atoms with Crippen molar-refractivity contribution in [3.63, 3.8) is 0 Å². The molecule has 19 heavy (non-hydrogen) atoms. The fraction of sp³-hybridized carbons (Fsp3) is 0.400. The lowest BCUT2D eigenvalue weighted by Gasteiger charge is -2.21. The first-order chi connectivity index (χ1) is 9.13. The fourth-order valence-corrected chi connectivity index (χ4v) is 2.99. The molecule has 1 atom stereocenters. The monoisotopic (exact) mass is 275 g/mol. The van der Waals surface area contributed by atoms with Crippen molar-refractivity contribution in [2.24, 2.45) is 5.92 Å². The number of anilines is 2. The second-order valence-electron chi connectivity index (χ2n) is 5.04. The van der Waals surface area contributed by atoms with Crippen LogP contribution in [-0.4, -0.2) is 10.4 Å². The molecule has 3 nitrogen and oxygen atoms in total. The predicted octanol–water partition coefficient (Wildman–Crippen LogP) is 4.24. The highest BCUT2D eigenvalue weighted by molar-refractivity contribution is 7.11. The number of rotatable bonds is 5. The van der Waals surface area contributed by atoms with Gasteiger partial charge in [0, 0.05) is 6.04 Å². The zero-order chi connectivity index (χ0) is 13.8. The quantitative estimate of drug-likeness (QED) is 0.858. The molecule has 1 aromatic carbocycles. The summed E-state index contributed by atoms with van der Waals surface area (Å²) >= 11 is 1.45. The van der Waals surface area contributed by atoms with Crippen LogP contribution in [0.5, 0.6) is 0 Å². The van der Waals surface area contributed by atoms with Gasteiger partial charge in [0.2, 0.25) is 0 Å². The van der Waals surface area contributed by atoms with Crippen LogP contribution < -0.4 is 11.1 Å². The number of nitrogens with two attached hydrogens (primary N) is 1. The van der Waals surface area contributed by atoms with Crippen LogP contribution in [0.2, 0.25) is 0 Å². The Hall–Kier alpha value is -1.55. The summed E-state index contributed by atoms with van der Waals surface area (Å²) in [7, 11) is 0. The topological polar surface area (TPSA) is 50.9 Å². The molecule has 1 heterocycles. The summed E-state index contributed by atoms with van der Waals surface area (Å²) in [5, 5.41) is 4.67. The highest BCUT2D eigenvalue weighted by Crippen LogP contribution is 2.37. The maximum absolute atomic E-state index is 6.03. The van der Waals surface area contributed by atoms with Gasteiger partial charge in [0.05, 0.1) is 5.56 Å². The van der Waals surface area contributed by atoms with E-state index in [2.05, 4.69) is 42.6 Å². The molecule has 0 fully saturated rings. The van der Waals surface area contributed by atoms with E-state index in [1.54, 1.807) is 0 Å². The Kier molecular flexibility index (Phi) is 4.43. The Morgan fingerprint density at radius 1 is 1.26 bits per heavy atom. The summed E-state index contributed by atoms with van der Waals surface area (Å²) in [6, 6.07) is 10.6. The Morgan fingerprint density at radius 2 is 1.95 bits per heavy atom. The molecule has 2 aromatic rings. The van der Waals surface area contributed by atoms with Crippen molar-refractivity contribution in [3.05, 3.63) is 30.3 Å². The predicted molar refractivity (Wildman–Crippen MR) is 84.5 cm³/mol. The van der Waals surface area contributed by atoms with E-state index < -0.39 is 0 Å². The lowest BCUT2D eigenvalue weighted by Crippen LogP contribution is -2.24. The van der Waals surface area contributed by atoms with Crippen LogP contribution in [0.15, 0.2) is 30.3 Å². The third-order valence-electron chi connectivity index (χ3n) is 3.34. The molecule has 0 bridgehead atoms. The summed E-state index contributed by atoms with van der Waals surface area (Å²) in [5.74, 6) is 1.19. The second kappa shape index (κ2) is 6.06. The first-order valence-electron chi connectivity index (χ1n) is 6.70. The summed E-state index contributed by atoms with van der Waals surface area (Å²) in [4.78, 5) is 0. The van der Waals surface area contributed by atoms with Crippen LogP contribution in [0.4, 0.5) is 10.8 Å². The highest BCUT2D eigenvalue weighted by atomic mass is 32.1. The first-order valence-corrected chi connectivity index (χ1v) is 7.48. The van der Waals surface area contributed by atoms with E-state index in [1.807, 2.05) is 18.2 Å². The second-order valence-corrected chi connectivity index (χ2v) is 5.81. The number of aromatic nitrogens is 1. The molecule has 0 amide bonds. The smallest absolute Gasteiger partial charge is 0.147 e. The van der Waals surface area contributed by atoms with Gasteiger partial charge in [0.15, 0.2) is 0 Å². The minimum atomic E-state index is 0.447. The van der Waals surface area contributed by atoms with Crippen LogP contribution >= 0.6 is 11.5 Å². The summed E-state index contributed by atoms with van der Waals surface area (Å²) in [6.07, 6.45) is 1.09. The largest absolute Gasteiger partial charge is 0.382 e. The number of hydrogen-bond acceptors (Lipinski definition) is 4. The molecule has 0 saturated carbocycles. The first kappa shape index (κ1) is 13.9. The van der Waals surface area contributed by atoms with Crippen molar-refractivity contribution in [2.45, 2.75) is 33.2 Å². The van der Waals surface area contributed by atoms with Gasteiger partial charge in [-0.2, -0.15) is 4.37 Å². The SMILES string of the molecule is CCC(Nc1snc(N)c1-c1ccccc1)C(C)C. The zero-order valence-electron chi connectivity index (χ0n) is 11.7. The molecule has 1 unspecified atom stereocenters. The van der Waals surface area contributed by atoms with E-state index in [-0.39, 0.29) is 0 Å². The van der Waals surface area contributed by atoms with Crippen molar-refractivity contribution in [2.75, 3.05) is 11.1 Å². The van der Waals surface area contributed by atoms with Gasteiger partial charge < -0.3 is 11.1 Å². The number of benzene rings is 1. The Morgan fingerprint density at radius 3 is 2.53 bits per heavy atom. The maximum Gasteiger partial charge on any atom is 0.147 e. The van der Waals surface area contributed by atoms with E-state index in [0.717, 1.165) is 22.5 Å². The molecule has 0 saturated heterocycles. The van der Waals surface area contributed by atoms with Crippen molar-refractivity contribution in [1.29, 1.82) is 0 Å². The summed E-state index contributed by atoms with van der Waals surface area (Å²) in [6.45, 7) is 6.66. The molecule has 0 aliphatic rings. The Labute approximate surface area is 119 Å². The molecule has 102 valence electrons. The van der Waals surface area contributed by atoms with Gasteiger partial charge in [-0.15, -0.1) is 0 Å². The van der Waals surface area contributed by atoms with Gasteiger partial charge in [-0.1, -0.05) is 51.1 Å². The Balaban J connectivity index is 2.33. The van der Waals surface area contributed by atoms with E-state index in [4.69, 9.17) is 5.73 Å². The van der Waals surface area contributed by atoms with Crippen LogP contribution in [0.1, 0.15) is 27.2 Å². The lowest BCUT2D eigenvalue weighted by atomic mass is 10.0. The molecule has 0 aliphatic carbocycles. The molecule has 4 heteroatoms. The molecule has 0 spiro atoms. The molecule has 0 radical (unpaired) electrons. The van der Waals surface area contributed by atoms with Gasteiger partial charge in [-0.3, -0.25) is 0 Å². The average Bonchev–Trinajstić information content (AvgIpc) is 2.77. The van der Waals surface area contributed by atoms with Crippen LogP contribution in [0, 0.1) is 5.92 Å². The van der Waals surface area contributed by atoms with Gasteiger partial charge in [0.1, 0.15) is 10.8 Å². The summed E-state index contributed by atoms with van der Waals surface area (Å²) in [5.41, 5.74) is 8.18. The zero-order valence-corrected chi connectivity index (χ0v) is 12.5. The van der Waals surface area contributed by atoms with Crippen LogP contribution in [0.3, 0.4) is 0 Å². The van der Waals surface area contributed by atoms with Gasteiger partial charge >= 0.3 is 0 Å². The molecule has 1 aromatic heterocycles. The molecular weight excluding hydrogens is 254 g/mol. The standard InChI is InChI=1S/C15H21N3S/c1-4-12(10(2)3)17-15-13(14(16)18-19-15)11-8-6-5-7-9-11/h5-10,12,17H,4H2,1-3H3,(H2,16,18). The lowest BCUT2D eigenvalue weighted by molar-refractivity contribution is 0.512. The van der Waals surface area contributed by atoms with Gasteiger partial charge in [-0.25, -0.2) is 0 Å². The average molecular weight is 275 g/mol. The number of nitrogens with one attached hydrogen (secondary N) is 1. The minimum Gasteiger partial charge on any atom is -0.382 e. The van der Waals surface area contributed by atoms with Gasteiger partial charge in [-0.05, 0) is 29.4 Å². The molecule has 3 N–H and O–H groups in total. The van der Waals surface area contributed by atoms with Crippen molar-refractivity contribution >= 4 is 22.4 Å². The molecule has 0 aliphatic heterocycles. The Bertz CT molecular complexity index is 519. The summed E-state index contributed by atoms with van der Waals surface area (Å²) < 4.78 is 4.30. The van der Waals surface area contributed by atoms with E-state index >= 15 is 0 Å². The number of nitrogens with zero attached hydrogens (tertiary/aromatic N) is 1. The number of nitrogen functional groups attached to an aromatic ring is 1. The van der Waals surface area contributed by atoms with Gasteiger partial charge in [0.25, 0.3) is 0 Å². The molecular formula is C15H21N3S.